The van der Waals surface area contributed by atoms with Gasteiger partial charge in [-0.25, -0.2) is 4.68 Å². The van der Waals surface area contributed by atoms with Gasteiger partial charge in [-0.1, -0.05) is 42.0 Å². The van der Waals surface area contributed by atoms with Crippen LogP contribution in [0.5, 0.6) is 11.6 Å². The molecule has 0 saturated heterocycles. The number of ether oxygens (including phenoxy) is 2. The fourth-order valence-electron chi connectivity index (χ4n) is 3.56. The summed E-state index contributed by atoms with van der Waals surface area (Å²) >= 11 is 0. The molecular weight excluding hydrogens is 414 g/mol. The lowest BCUT2D eigenvalue weighted by Crippen LogP contribution is -2.39. The average Bonchev–Trinajstić information content (AvgIpc) is 3.10. The molecule has 176 valence electrons. The molecule has 0 amide bonds. The number of hydrogen-bond acceptors (Lipinski definition) is 5. The topological polar surface area (TPSA) is 59.8 Å². The number of para-hydroxylation sites is 1. The second-order valence-corrected chi connectivity index (χ2v) is 8.53. The van der Waals surface area contributed by atoms with E-state index in [4.69, 9.17) is 14.6 Å². The lowest BCUT2D eigenvalue weighted by atomic mass is 10.2. The minimum Gasteiger partial charge on any atom is -0.439 e. The molecule has 0 radical (unpaired) electrons. The van der Waals surface area contributed by atoms with Crippen LogP contribution in [0, 0.1) is 13.8 Å². The Morgan fingerprint density at radius 3 is 2.42 bits per heavy atom. The van der Waals surface area contributed by atoms with Gasteiger partial charge in [0.1, 0.15) is 5.75 Å². The lowest BCUT2D eigenvalue weighted by molar-refractivity contribution is 0.0177. The number of hydrogen-bond donors (Lipinski definition) is 1. The predicted molar refractivity (Wildman–Crippen MR) is 132 cm³/mol. The van der Waals surface area contributed by atoms with Crippen LogP contribution in [0.2, 0.25) is 0 Å². The molecule has 6 nitrogen and oxygen atoms in total. The summed E-state index contributed by atoms with van der Waals surface area (Å²) in [4.78, 5) is 2.21. The van der Waals surface area contributed by atoms with Gasteiger partial charge in [0.2, 0.25) is 5.88 Å². The van der Waals surface area contributed by atoms with Gasteiger partial charge in [-0.3, -0.25) is 4.90 Å². The Bertz CT molecular complexity index is 1010. The van der Waals surface area contributed by atoms with Crippen molar-refractivity contribution in [2.45, 2.75) is 46.4 Å². The Morgan fingerprint density at radius 2 is 1.79 bits per heavy atom. The summed E-state index contributed by atoms with van der Waals surface area (Å²) in [5.41, 5.74) is 3.99. The van der Waals surface area contributed by atoms with Crippen LogP contribution in [-0.4, -0.2) is 51.7 Å². The molecule has 0 unspecified atom stereocenters. The molecule has 6 heteroatoms. The molecule has 0 spiro atoms. The van der Waals surface area contributed by atoms with Gasteiger partial charge in [-0.2, -0.15) is 5.10 Å². The number of nitrogens with zero attached hydrogens (tertiary/aromatic N) is 3. The highest BCUT2D eigenvalue weighted by atomic mass is 16.5. The molecule has 3 aromatic rings. The fraction of sp³-hybridized carbons (Fsp3) is 0.370. The summed E-state index contributed by atoms with van der Waals surface area (Å²) in [6.07, 6.45) is 1.08. The molecule has 33 heavy (non-hydrogen) atoms. The summed E-state index contributed by atoms with van der Waals surface area (Å²) in [7, 11) is 0. The molecular formula is C27H35N3O3. The van der Waals surface area contributed by atoms with Crippen LogP contribution in [0.4, 0.5) is 0 Å². The average molecular weight is 450 g/mol. The Kier molecular flexibility index (Phi) is 8.83. The molecule has 1 aromatic heterocycles. The minimum absolute atomic E-state index is 0.214. The molecule has 3 rings (SSSR count). The summed E-state index contributed by atoms with van der Waals surface area (Å²) < 4.78 is 13.7. The van der Waals surface area contributed by atoms with Crippen LogP contribution in [0.3, 0.4) is 0 Å². The van der Waals surface area contributed by atoms with Crippen molar-refractivity contribution < 1.29 is 14.6 Å². The SMILES string of the molecule is C=CCOC[C@@H](O)CN(Cc1c(C)nn(-c2ccccc2)c1Oc1ccc(C)cc1)C(C)C. The van der Waals surface area contributed by atoms with Crippen molar-refractivity contribution in [1.29, 1.82) is 0 Å². The summed E-state index contributed by atoms with van der Waals surface area (Å²) in [5.74, 6) is 1.44. The van der Waals surface area contributed by atoms with Crippen LogP contribution in [0.15, 0.2) is 67.3 Å². The molecule has 0 aliphatic rings. The zero-order chi connectivity index (χ0) is 23.8. The van der Waals surface area contributed by atoms with Crippen LogP contribution >= 0.6 is 0 Å². The molecule has 0 bridgehead atoms. The maximum atomic E-state index is 10.5. The van der Waals surface area contributed by atoms with Crippen molar-refractivity contribution in [3.63, 3.8) is 0 Å². The lowest BCUT2D eigenvalue weighted by Gasteiger charge is -2.29. The molecule has 1 N–H and O–H groups in total. The monoisotopic (exact) mass is 449 g/mol. The normalized spacial score (nSPS) is 12.3. The predicted octanol–water partition coefficient (Wildman–Crippen LogP) is 5.06. The van der Waals surface area contributed by atoms with Gasteiger partial charge in [0.05, 0.1) is 36.3 Å². The van der Waals surface area contributed by atoms with Crippen molar-refractivity contribution in [2.75, 3.05) is 19.8 Å². The van der Waals surface area contributed by atoms with Crippen LogP contribution < -0.4 is 4.74 Å². The van der Waals surface area contributed by atoms with Crippen molar-refractivity contribution in [3.8, 4) is 17.3 Å². The van der Waals surface area contributed by atoms with Gasteiger partial charge in [0.25, 0.3) is 0 Å². The van der Waals surface area contributed by atoms with Crippen molar-refractivity contribution in [2.24, 2.45) is 0 Å². The Hall–Kier alpha value is -2.93. The number of aliphatic hydroxyl groups is 1. The molecule has 0 saturated carbocycles. The maximum Gasteiger partial charge on any atom is 0.227 e. The minimum atomic E-state index is -0.599. The zero-order valence-corrected chi connectivity index (χ0v) is 20.1. The van der Waals surface area contributed by atoms with E-state index in [-0.39, 0.29) is 12.6 Å². The van der Waals surface area contributed by atoms with E-state index in [2.05, 4.69) is 32.3 Å². The third-order valence-corrected chi connectivity index (χ3v) is 5.46. The van der Waals surface area contributed by atoms with Gasteiger partial charge in [0, 0.05) is 19.1 Å². The van der Waals surface area contributed by atoms with E-state index in [1.54, 1.807) is 6.08 Å². The Labute approximate surface area is 197 Å². The van der Waals surface area contributed by atoms with Crippen LogP contribution in [0.25, 0.3) is 5.69 Å². The third kappa shape index (κ3) is 6.78. The number of aryl methyl sites for hydroxylation is 2. The molecule has 0 aliphatic carbocycles. The van der Waals surface area contributed by atoms with Gasteiger partial charge in [-0.15, -0.1) is 6.58 Å². The highest BCUT2D eigenvalue weighted by Crippen LogP contribution is 2.32. The molecule has 2 aromatic carbocycles. The van der Waals surface area contributed by atoms with E-state index in [9.17, 15) is 5.11 Å². The molecule has 0 fully saturated rings. The third-order valence-electron chi connectivity index (χ3n) is 5.46. The summed E-state index contributed by atoms with van der Waals surface area (Å²) in [6.45, 7) is 13.7. The van der Waals surface area contributed by atoms with E-state index in [0.29, 0.717) is 25.6 Å². The second kappa shape index (κ2) is 11.8. The van der Waals surface area contributed by atoms with E-state index in [1.165, 1.54) is 5.56 Å². The first-order chi connectivity index (χ1) is 15.9. The largest absolute Gasteiger partial charge is 0.439 e. The quantitative estimate of drug-likeness (QED) is 0.310. The van der Waals surface area contributed by atoms with Gasteiger partial charge < -0.3 is 14.6 Å². The first kappa shape index (κ1) is 24.7. The maximum absolute atomic E-state index is 10.5. The van der Waals surface area contributed by atoms with Gasteiger partial charge in [0.15, 0.2) is 0 Å². The van der Waals surface area contributed by atoms with Crippen LogP contribution in [-0.2, 0) is 11.3 Å². The Balaban J connectivity index is 1.92. The standard InChI is InChI=1S/C27H35N3O3/c1-6-16-32-19-24(31)17-29(20(2)3)18-26-22(5)28-30(23-10-8-7-9-11-23)27(26)33-25-14-12-21(4)13-15-25/h6-15,20,24,31H,1,16-19H2,2-5H3/t24-/m0/s1. The Morgan fingerprint density at radius 1 is 1.09 bits per heavy atom. The number of aliphatic hydroxyl groups excluding tert-OH is 1. The van der Waals surface area contributed by atoms with E-state index in [1.807, 2.05) is 66.2 Å². The molecule has 1 heterocycles. The molecule has 0 aliphatic heterocycles. The van der Waals surface area contributed by atoms with Gasteiger partial charge in [-0.05, 0) is 52.0 Å². The van der Waals surface area contributed by atoms with E-state index < -0.39 is 6.10 Å². The summed E-state index contributed by atoms with van der Waals surface area (Å²) in [5, 5.41) is 15.3. The van der Waals surface area contributed by atoms with Gasteiger partial charge >= 0.3 is 0 Å². The second-order valence-electron chi connectivity index (χ2n) is 8.53. The zero-order valence-electron chi connectivity index (χ0n) is 20.1. The van der Waals surface area contributed by atoms with E-state index >= 15 is 0 Å². The highest BCUT2D eigenvalue weighted by molar-refractivity contribution is 5.43. The summed E-state index contributed by atoms with van der Waals surface area (Å²) in [6, 6.07) is 18.2. The fourth-order valence-corrected chi connectivity index (χ4v) is 3.56. The number of benzene rings is 2. The first-order valence-electron chi connectivity index (χ1n) is 11.4. The van der Waals surface area contributed by atoms with Crippen molar-refractivity contribution >= 4 is 0 Å². The number of rotatable bonds is 12. The van der Waals surface area contributed by atoms with Crippen LogP contribution in [0.1, 0.15) is 30.7 Å². The van der Waals surface area contributed by atoms with E-state index in [0.717, 1.165) is 22.7 Å². The smallest absolute Gasteiger partial charge is 0.227 e. The molecule has 1 atom stereocenters. The highest BCUT2D eigenvalue weighted by Gasteiger charge is 2.24. The van der Waals surface area contributed by atoms with Crippen molar-refractivity contribution in [3.05, 3.63) is 84.1 Å². The number of aromatic nitrogens is 2. The first-order valence-corrected chi connectivity index (χ1v) is 11.4. The van der Waals surface area contributed by atoms with Crippen molar-refractivity contribution in [1.82, 2.24) is 14.7 Å².